The predicted octanol–water partition coefficient (Wildman–Crippen LogP) is 2.38. The fourth-order valence-corrected chi connectivity index (χ4v) is 3.13. The molecule has 0 spiro atoms. The highest BCUT2D eigenvalue weighted by Gasteiger charge is 2.19. The Morgan fingerprint density at radius 2 is 1.97 bits per heavy atom. The predicted molar refractivity (Wildman–Crippen MR) is 102 cm³/mol. The third-order valence-electron chi connectivity index (χ3n) is 3.67. The van der Waals surface area contributed by atoms with E-state index in [1.54, 1.807) is 6.92 Å². The fourth-order valence-electron chi connectivity index (χ4n) is 2.27. The largest absolute Gasteiger partial charge is 0.346 e. The maximum Gasteiger partial charge on any atom is 0.251 e. The van der Waals surface area contributed by atoms with E-state index in [-0.39, 0.29) is 10.7 Å². The van der Waals surface area contributed by atoms with Crippen molar-refractivity contribution in [1.29, 1.82) is 0 Å². The molecule has 3 N–H and O–H groups in total. The summed E-state index contributed by atoms with van der Waals surface area (Å²) in [5.74, 6) is -5.97. The second kappa shape index (κ2) is 10.1. The molecule has 29 heavy (non-hydrogen) atoms. The smallest absolute Gasteiger partial charge is 0.251 e. The van der Waals surface area contributed by atoms with Gasteiger partial charge in [-0.2, -0.15) is 0 Å². The lowest BCUT2D eigenvalue weighted by Crippen LogP contribution is -2.37. The minimum absolute atomic E-state index is 0.275. The Balaban J connectivity index is 1.91. The zero-order valence-corrected chi connectivity index (χ0v) is 16.5. The topological polar surface area (TPSA) is 104 Å². The quantitative estimate of drug-likeness (QED) is 0.340. The standard InChI is InChI=1S/C18H19F3N4O3S/c1-3-4-10-7-13(26)25-18(23-10)29-9(2)17(28)22-8-14(27)24-12-6-5-11(19)15(20)16(12)21/h5-7,9H,3-4,8H2,1-2H3,(H,22,28)(H,24,27)(H,23,25,26)/t9-/m0/s1. The molecule has 1 aromatic carbocycles. The Bertz CT molecular complexity index is 968. The maximum absolute atomic E-state index is 13.6. The number of hydrogen-bond donors (Lipinski definition) is 3. The zero-order valence-electron chi connectivity index (χ0n) is 15.6. The Morgan fingerprint density at radius 1 is 1.24 bits per heavy atom. The molecule has 7 nitrogen and oxygen atoms in total. The van der Waals surface area contributed by atoms with Crippen LogP contribution in [0.25, 0.3) is 0 Å². The van der Waals surface area contributed by atoms with Gasteiger partial charge in [-0.3, -0.25) is 14.4 Å². The number of H-pyrrole nitrogens is 1. The van der Waals surface area contributed by atoms with Crippen LogP contribution in [0, 0.1) is 17.5 Å². The molecular formula is C18H19F3N4O3S. The van der Waals surface area contributed by atoms with Crippen molar-refractivity contribution >= 4 is 29.3 Å². The van der Waals surface area contributed by atoms with E-state index in [2.05, 4.69) is 15.3 Å². The lowest BCUT2D eigenvalue weighted by molar-refractivity contribution is -0.123. The lowest BCUT2D eigenvalue weighted by atomic mass is 10.2. The van der Waals surface area contributed by atoms with Crippen molar-refractivity contribution in [2.24, 2.45) is 0 Å². The summed E-state index contributed by atoms with van der Waals surface area (Å²) < 4.78 is 39.6. The molecule has 0 unspecified atom stereocenters. The van der Waals surface area contributed by atoms with Crippen LogP contribution in [0.15, 0.2) is 28.2 Å². The van der Waals surface area contributed by atoms with Crippen LogP contribution < -0.4 is 16.2 Å². The number of aryl methyl sites for hydroxylation is 1. The zero-order chi connectivity index (χ0) is 21.6. The van der Waals surface area contributed by atoms with Gasteiger partial charge in [0.05, 0.1) is 17.5 Å². The molecule has 0 aliphatic heterocycles. The van der Waals surface area contributed by atoms with Crippen molar-refractivity contribution in [3.8, 4) is 0 Å². The Kier molecular flexibility index (Phi) is 7.82. The molecule has 0 radical (unpaired) electrons. The van der Waals surface area contributed by atoms with E-state index in [0.717, 1.165) is 24.2 Å². The molecule has 1 heterocycles. The first kappa shape index (κ1) is 22.5. The number of nitrogens with one attached hydrogen (secondary N) is 3. The van der Waals surface area contributed by atoms with Crippen LogP contribution in [0.4, 0.5) is 18.9 Å². The second-order valence-corrected chi connectivity index (χ2v) is 7.37. The molecular weight excluding hydrogens is 409 g/mol. The molecule has 0 aliphatic rings. The van der Waals surface area contributed by atoms with Crippen molar-refractivity contribution < 1.29 is 22.8 Å². The first-order valence-corrected chi connectivity index (χ1v) is 9.57. The molecule has 2 amide bonds. The summed E-state index contributed by atoms with van der Waals surface area (Å²) in [5, 5.41) is 3.97. The maximum atomic E-state index is 13.6. The van der Waals surface area contributed by atoms with Crippen molar-refractivity contribution in [3.63, 3.8) is 0 Å². The number of thioether (sulfide) groups is 1. The highest BCUT2D eigenvalue weighted by molar-refractivity contribution is 8.00. The average Bonchev–Trinajstić information content (AvgIpc) is 2.66. The summed E-state index contributed by atoms with van der Waals surface area (Å²) >= 11 is 1.01. The van der Waals surface area contributed by atoms with E-state index in [0.29, 0.717) is 18.2 Å². The molecule has 156 valence electrons. The van der Waals surface area contributed by atoms with E-state index in [9.17, 15) is 27.6 Å². The number of halogens is 3. The summed E-state index contributed by atoms with van der Waals surface area (Å²) in [6, 6.07) is 2.93. The van der Waals surface area contributed by atoms with E-state index in [4.69, 9.17) is 0 Å². The minimum Gasteiger partial charge on any atom is -0.346 e. The number of hydrogen-bond acceptors (Lipinski definition) is 5. The third kappa shape index (κ3) is 6.34. The van der Waals surface area contributed by atoms with E-state index in [1.807, 2.05) is 12.2 Å². The number of nitrogens with zero attached hydrogens (tertiary/aromatic N) is 1. The van der Waals surface area contributed by atoms with Gasteiger partial charge in [-0.25, -0.2) is 18.2 Å². The molecule has 0 aliphatic carbocycles. The van der Waals surface area contributed by atoms with Gasteiger partial charge in [-0.05, 0) is 25.5 Å². The van der Waals surface area contributed by atoms with Gasteiger partial charge in [0, 0.05) is 11.8 Å². The molecule has 0 fully saturated rings. The molecule has 1 aromatic heterocycles. The molecule has 0 bridgehead atoms. The van der Waals surface area contributed by atoms with Gasteiger partial charge in [0.15, 0.2) is 22.6 Å². The highest BCUT2D eigenvalue weighted by atomic mass is 32.2. The average molecular weight is 428 g/mol. The number of amides is 2. The van der Waals surface area contributed by atoms with E-state index >= 15 is 0 Å². The number of aromatic amines is 1. The fraction of sp³-hybridized carbons (Fsp3) is 0.333. The first-order chi connectivity index (χ1) is 13.7. The number of carbonyl (C=O) groups excluding carboxylic acids is 2. The molecule has 2 aromatic rings. The van der Waals surface area contributed by atoms with Gasteiger partial charge < -0.3 is 15.6 Å². The van der Waals surface area contributed by atoms with Crippen LogP contribution in [0.1, 0.15) is 26.0 Å². The minimum atomic E-state index is -1.70. The normalized spacial score (nSPS) is 11.8. The Labute approximate surface area is 168 Å². The van der Waals surface area contributed by atoms with Crippen molar-refractivity contribution in [1.82, 2.24) is 15.3 Å². The van der Waals surface area contributed by atoms with Gasteiger partial charge in [0.2, 0.25) is 11.8 Å². The van der Waals surface area contributed by atoms with Gasteiger partial charge in [0.1, 0.15) is 0 Å². The molecule has 2 rings (SSSR count). The van der Waals surface area contributed by atoms with E-state index < -0.39 is 46.7 Å². The van der Waals surface area contributed by atoms with Gasteiger partial charge >= 0.3 is 0 Å². The van der Waals surface area contributed by atoms with E-state index in [1.165, 1.54) is 6.07 Å². The van der Waals surface area contributed by atoms with Gasteiger partial charge in [0.25, 0.3) is 5.56 Å². The molecule has 1 atom stereocenters. The molecule has 0 saturated heterocycles. The number of carbonyl (C=O) groups is 2. The number of rotatable bonds is 8. The van der Waals surface area contributed by atoms with Crippen LogP contribution in [-0.2, 0) is 16.0 Å². The SMILES string of the molecule is CCCc1cc(=O)[nH]c(S[C@@H](C)C(=O)NCC(=O)Nc2ccc(F)c(F)c2F)n1. The monoisotopic (exact) mass is 428 g/mol. The lowest BCUT2D eigenvalue weighted by Gasteiger charge is -2.12. The number of benzene rings is 1. The summed E-state index contributed by atoms with van der Waals surface area (Å²) in [5.41, 5.74) is -0.258. The summed E-state index contributed by atoms with van der Waals surface area (Å²) in [6.45, 7) is 2.99. The van der Waals surface area contributed by atoms with Crippen molar-refractivity contribution in [2.75, 3.05) is 11.9 Å². The van der Waals surface area contributed by atoms with Crippen molar-refractivity contribution in [3.05, 3.63) is 51.7 Å². The Morgan fingerprint density at radius 3 is 2.66 bits per heavy atom. The van der Waals surface area contributed by atoms with Crippen LogP contribution in [-0.4, -0.2) is 33.6 Å². The summed E-state index contributed by atoms with van der Waals surface area (Å²) in [4.78, 5) is 42.4. The summed E-state index contributed by atoms with van der Waals surface area (Å²) in [7, 11) is 0. The van der Waals surface area contributed by atoms with Gasteiger partial charge in [-0.1, -0.05) is 25.1 Å². The van der Waals surface area contributed by atoms with Crippen LogP contribution in [0.5, 0.6) is 0 Å². The Hall–Kier alpha value is -2.82. The second-order valence-electron chi connectivity index (χ2n) is 6.04. The third-order valence-corrected chi connectivity index (χ3v) is 4.65. The number of aromatic nitrogens is 2. The van der Waals surface area contributed by atoms with Crippen LogP contribution in [0.2, 0.25) is 0 Å². The van der Waals surface area contributed by atoms with Crippen LogP contribution in [0.3, 0.4) is 0 Å². The van der Waals surface area contributed by atoms with Crippen LogP contribution >= 0.6 is 11.8 Å². The highest BCUT2D eigenvalue weighted by Crippen LogP contribution is 2.20. The summed E-state index contributed by atoms with van der Waals surface area (Å²) in [6.07, 6.45) is 1.43. The van der Waals surface area contributed by atoms with Gasteiger partial charge in [-0.15, -0.1) is 0 Å². The van der Waals surface area contributed by atoms with Crippen molar-refractivity contribution in [2.45, 2.75) is 37.1 Å². The number of anilines is 1. The molecule has 11 heteroatoms. The first-order valence-electron chi connectivity index (χ1n) is 8.69. The molecule has 0 saturated carbocycles.